The quantitative estimate of drug-likeness (QED) is 0.870. The number of hydrogen-bond acceptors (Lipinski definition) is 4. The maximum atomic E-state index is 6.04. The van der Waals surface area contributed by atoms with Gasteiger partial charge in [0.1, 0.15) is 5.60 Å². The van der Waals surface area contributed by atoms with Crippen molar-refractivity contribution >= 4 is 0 Å². The normalized spacial score (nSPS) is 18.8. The van der Waals surface area contributed by atoms with Crippen LogP contribution in [0.3, 0.4) is 0 Å². The molecular weight excluding hydrogens is 226 g/mol. The van der Waals surface area contributed by atoms with Crippen LogP contribution in [0, 0.1) is 0 Å². The molecule has 0 amide bonds. The van der Waals surface area contributed by atoms with Crippen molar-refractivity contribution in [1.29, 1.82) is 0 Å². The number of hydrogen-bond donors (Lipinski definition) is 1. The van der Waals surface area contributed by atoms with Gasteiger partial charge in [-0.25, -0.2) is 9.97 Å². The highest BCUT2D eigenvalue weighted by Gasteiger charge is 2.37. The van der Waals surface area contributed by atoms with E-state index in [0.29, 0.717) is 0 Å². The molecule has 0 radical (unpaired) electrons. The van der Waals surface area contributed by atoms with Crippen molar-refractivity contribution in [3.63, 3.8) is 0 Å². The van der Waals surface area contributed by atoms with Gasteiger partial charge in [-0.1, -0.05) is 19.3 Å². The molecule has 0 saturated heterocycles. The van der Waals surface area contributed by atoms with Gasteiger partial charge in [-0.3, -0.25) is 0 Å². The summed E-state index contributed by atoms with van der Waals surface area (Å²) in [6.45, 7) is 3.55. The van der Waals surface area contributed by atoms with Gasteiger partial charge in [0, 0.05) is 19.3 Å². The predicted octanol–water partition coefficient (Wildman–Crippen LogP) is 2.39. The lowest BCUT2D eigenvalue weighted by molar-refractivity contribution is -0.0768. The number of nitrogens with one attached hydrogen (secondary N) is 1. The first-order valence-corrected chi connectivity index (χ1v) is 6.92. The van der Waals surface area contributed by atoms with Crippen molar-refractivity contribution in [2.24, 2.45) is 0 Å². The van der Waals surface area contributed by atoms with E-state index in [1.807, 2.05) is 26.2 Å². The minimum atomic E-state index is -0.239. The fourth-order valence-electron chi connectivity index (χ4n) is 2.73. The van der Waals surface area contributed by atoms with Crippen LogP contribution in [-0.4, -0.2) is 23.6 Å². The molecule has 0 unspecified atom stereocenters. The lowest BCUT2D eigenvalue weighted by atomic mass is 9.83. The molecule has 0 spiro atoms. The van der Waals surface area contributed by atoms with Gasteiger partial charge in [0.15, 0.2) is 5.82 Å². The SMILES string of the molecule is CCOC1(c2nccc(CNC)n2)CCCCC1. The van der Waals surface area contributed by atoms with Gasteiger partial charge in [0.2, 0.25) is 0 Å². The monoisotopic (exact) mass is 249 g/mol. The largest absolute Gasteiger partial charge is 0.367 e. The lowest BCUT2D eigenvalue weighted by Gasteiger charge is -2.35. The minimum Gasteiger partial charge on any atom is -0.367 e. The summed E-state index contributed by atoms with van der Waals surface area (Å²) in [6, 6.07) is 1.96. The summed E-state index contributed by atoms with van der Waals surface area (Å²) < 4.78 is 6.04. The van der Waals surface area contributed by atoms with Crippen LogP contribution in [-0.2, 0) is 16.9 Å². The molecule has 4 nitrogen and oxygen atoms in total. The fraction of sp³-hybridized carbons (Fsp3) is 0.714. The topological polar surface area (TPSA) is 47.0 Å². The molecule has 2 rings (SSSR count). The number of aromatic nitrogens is 2. The second-order valence-electron chi connectivity index (χ2n) is 4.89. The van der Waals surface area contributed by atoms with Crippen LogP contribution in [0.4, 0.5) is 0 Å². The van der Waals surface area contributed by atoms with Gasteiger partial charge >= 0.3 is 0 Å². The van der Waals surface area contributed by atoms with Crippen LogP contribution >= 0.6 is 0 Å². The zero-order valence-corrected chi connectivity index (χ0v) is 11.4. The first kappa shape index (κ1) is 13.4. The maximum Gasteiger partial charge on any atom is 0.160 e. The first-order valence-electron chi connectivity index (χ1n) is 6.92. The van der Waals surface area contributed by atoms with Crippen LogP contribution in [0.1, 0.15) is 50.5 Å². The minimum absolute atomic E-state index is 0.239. The summed E-state index contributed by atoms with van der Waals surface area (Å²) in [6.07, 6.45) is 7.66. The van der Waals surface area contributed by atoms with Gasteiger partial charge in [-0.05, 0) is 32.9 Å². The molecule has 0 aromatic carbocycles. The Morgan fingerprint density at radius 1 is 1.33 bits per heavy atom. The third-order valence-electron chi connectivity index (χ3n) is 3.56. The Hall–Kier alpha value is -1.00. The third kappa shape index (κ3) is 2.87. The Labute approximate surface area is 109 Å². The average molecular weight is 249 g/mol. The van der Waals surface area contributed by atoms with E-state index in [1.165, 1.54) is 19.3 Å². The zero-order valence-electron chi connectivity index (χ0n) is 11.4. The molecule has 0 aliphatic heterocycles. The van der Waals surface area contributed by atoms with Crippen LogP contribution in [0.25, 0.3) is 0 Å². The van der Waals surface area contributed by atoms with Gasteiger partial charge < -0.3 is 10.1 Å². The highest BCUT2D eigenvalue weighted by atomic mass is 16.5. The van der Waals surface area contributed by atoms with Crippen LogP contribution in [0.15, 0.2) is 12.3 Å². The Bertz CT molecular complexity index is 370. The number of ether oxygens (including phenoxy) is 1. The van der Waals surface area contributed by atoms with Crippen LogP contribution in [0.2, 0.25) is 0 Å². The van der Waals surface area contributed by atoms with Crippen molar-refractivity contribution < 1.29 is 4.74 Å². The molecule has 1 aromatic heterocycles. The fourth-order valence-corrected chi connectivity index (χ4v) is 2.73. The number of rotatable bonds is 5. The highest BCUT2D eigenvalue weighted by molar-refractivity contribution is 5.09. The summed E-state index contributed by atoms with van der Waals surface area (Å²) in [5, 5.41) is 3.13. The zero-order chi connectivity index (χ0) is 12.8. The van der Waals surface area contributed by atoms with E-state index in [9.17, 15) is 0 Å². The van der Waals surface area contributed by atoms with Gasteiger partial charge in [0.25, 0.3) is 0 Å². The van der Waals surface area contributed by atoms with Crippen molar-refractivity contribution in [1.82, 2.24) is 15.3 Å². The van der Waals surface area contributed by atoms with E-state index >= 15 is 0 Å². The van der Waals surface area contributed by atoms with E-state index < -0.39 is 0 Å². The van der Waals surface area contributed by atoms with Crippen LogP contribution < -0.4 is 5.32 Å². The molecule has 1 fully saturated rings. The van der Waals surface area contributed by atoms with Gasteiger partial charge in [0.05, 0.1) is 5.69 Å². The molecule has 1 aliphatic carbocycles. The summed E-state index contributed by atoms with van der Waals surface area (Å²) in [5.74, 6) is 0.872. The van der Waals surface area contributed by atoms with E-state index in [2.05, 4.69) is 15.3 Å². The molecular formula is C14H23N3O. The molecule has 1 heterocycles. The lowest BCUT2D eigenvalue weighted by Crippen LogP contribution is -2.34. The molecule has 0 bridgehead atoms. The summed E-state index contributed by atoms with van der Waals surface area (Å²) in [4.78, 5) is 9.15. The standard InChI is InChI=1S/C14H23N3O/c1-3-18-14(8-5-4-6-9-14)13-16-10-7-12(17-13)11-15-2/h7,10,15H,3-6,8-9,11H2,1-2H3. The van der Waals surface area contributed by atoms with Gasteiger partial charge in [-0.2, -0.15) is 0 Å². The second-order valence-corrected chi connectivity index (χ2v) is 4.89. The van der Waals surface area contributed by atoms with Crippen molar-refractivity contribution in [3.05, 3.63) is 23.8 Å². The second kappa shape index (κ2) is 6.25. The molecule has 18 heavy (non-hydrogen) atoms. The smallest absolute Gasteiger partial charge is 0.160 e. The Morgan fingerprint density at radius 2 is 2.11 bits per heavy atom. The molecule has 4 heteroatoms. The summed E-state index contributed by atoms with van der Waals surface area (Å²) >= 11 is 0. The Morgan fingerprint density at radius 3 is 2.78 bits per heavy atom. The van der Waals surface area contributed by atoms with Crippen LogP contribution in [0.5, 0.6) is 0 Å². The molecule has 1 aromatic rings. The van der Waals surface area contributed by atoms with Crippen molar-refractivity contribution in [2.45, 2.75) is 51.2 Å². The maximum absolute atomic E-state index is 6.04. The first-order chi connectivity index (χ1) is 8.80. The Balaban J connectivity index is 2.26. The molecule has 1 aliphatic rings. The third-order valence-corrected chi connectivity index (χ3v) is 3.56. The molecule has 1 N–H and O–H groups in total. The molecule has 0 atom stereocenters. The van der Waals surface area contributed by atoms with E-state index in [0.717, 1.165) is 37.5 Å². The summed E-state index contributed by atoms with van der Waals surface area (Å²) in [5.41, 5.74) is 0.795. The molecule has 1 saturated carbocycles. The van der Waals surface area contributed by atoms with Gasteiger partial charge in [-0.15, -0.1) is 0 Å². The van der Waals surface area contributed by atoms with E-state index in [4.69, 9.17) is 4.74 Å². The van der Waals surface area contributed by atoms with E-state index in [1.54, 1.807) is 0 Å². The molecule has 100 valence electrons. The Kier molecular flexibility index (Phi) is 4.66. The average Bonchev–Trinajstić information content (AvgIpc) is 2.41. The predicted molar refractivity (Wildman–Crippen MR) is 71.2 cm³/mol. The van der Waals surface area contributed by atoms with Crippen molar-refractivity contribution in [3.8, 4) is 0 Å². The highest BCUT2D eigenvalue weighted by Crippen LogP contribution is 2.38. The van der Waals surface area contributed by atoms with E-state index in [-0.39, 0.29) is 5.60 Å². The number of nitrogens with zero attached hydrogens (tertiary/aromatic N) is 2. The summed E-state index contributed by atoms with van der Waals surface area (Å²) in [7, 11) is 1.93. The van der Waals surface area contributed by atoms with Crippen molar-refractivity contribution in [2.75, 3.05) is 13.7 Å².